The molecule has 1 aliphatic rings. The highest BCUT2D eigenvalue weighted by atomic mass is 16.5. The van der Waals surface area contributed by atoms with E-state index in [-0.39, 0.29) is 18.2 Å². The first-order chi connectivity index (χ1) is 13.6. The smallest absolute Gasteiger partial charge is 0.119 e. The van der Waals surface area contributed by atoms with Crippen LogP contribution in [0.15, 0.2) is 61.2 Å². The SMILES string of the molecule is C=CCO[C@H]1Cc2ccc(OC)cc2[C@@H]1NC[C@@H](O)[C@@H](N)Cc1ccccc1. The maximum Gasteiger partial charge on any atom is 0.119 e. The van der Waals surface area contributed by atoms with Gasteiger partial charge in [-0.2, -0.15) is 0 Å². The van der Waals surface area contributed by atoms with Gasteiger partial charge in [-0.25, -0.2) is 0 Å². The summed E-state index contributed by atoms with van der Waals surface area (Å²) in [4.78, 5) is 0. The maximum atomic E-state index is 10.6. The minimum absolute atomic E-state index is 0.0161. The lowest BCUT2D eigenvalue weighted by molar-refractivity contribution is 0.0470. The zero-order valence-electron chi connectivity index (χ0n) is 16.4. The number of methoxy groups -OCH3 is 1. The fourth-order valence-electron chi connectivity index (χ4n) is 3.72. The summed E-state index contributed by atoms with van der Waals surface area (Å²) in [7, 11) is 1.66. The van der Waals surface area contributed by atoms with Gasteiger partial charge in [0.05, 0.1) is 32.0 Å². The van der Waals surface area contributed by atoms with Crippen molar-refractivity contribution in [3.05, 3.63) is 77.9 Å². The van der Waals surface area contributed by atoms with Crippen molar-refractivity contribution in [3.63, 3.8) is 0 Å². The van der Waals surface area contributed by atoms with E-state index in [1.807, 2.05) is 42.5 Å². The molecule has 0 radical (unpaired) electrons. The topological polar surface area (TPSA) is 76.7 Å². The Bertz CT molecular complexity index is 766. The average molecular weight is 383 g/mol. The molecular formula is C23H30N2O3. The van der Waals surface area contributed by atoms with E-state index in [0.29, 0.717) is 19.6 Å². The Balaban J connectivity index is 1.65. The van der Waals surface area contributed by atoms with E-state index in [1.54, 1.807) is 13.2 Å². The van der Waals surface area contributed by atoms with Crippen LogP contribution in [0.5, 0.6) is 5.75 Å². The normalized spacial score (nSPS) is 20.4. The van der Waals surface area contributed by atoms with Crippen molar-refractivity contribution in [2.75, 3.05) is 20.3 Å². The molecule has 2 aromatic rings. The highest BCUT2D eigenvalue weighted by Gasteiger charge is 2.34. The first kappa shape index (κ1) is 20.6. The molecule has 1 aliphatic carbocycles. The van der Waals surface area contributed by atoms with Crippen LogP contribution < -0.4 is 15.8 Å². The van der Waals surface area contributed by atoms with Crippen molar-refractivity contribution in [3.8, 4) is 5.75 Å². The van der Waals surface area contributed by atoms with Crippen LogP contribution in [0.3, 0.4) is 0 Å². The van der Waals surface area contributed by atoms with E-state index in [0.717, 1.165) is 23.3 Å². The Hall–Kier alpha value is -2.18. The highest BCUT2D eigenvalue weighted by Crippen LogP contribution is 2.35. The van der Waals surface area contributed by atoms with Gasteiger partial charge >= 0.3 is 0 Å². The van der Waals surface area contributed by atoms with Gasteiger partial charge in [0.15, 0.2) is 0 Å². The summed E-state index contributed by atoms with van der Waals surface area (Å²) in [6.07, 6.45) is 2.53. The third-order valence-corrected chi connectivity index (χ3v) is 5.26. The molecule has 4 N–H and O–H groups in total. The second-order valence-electron chi connectivity index (χ2n) is 7.24. The molecule has 3 rings (SSSR count). The Morgan fingerprint density at radius 2 is 2.07 bits per heavy atom. The van der Waals surface area contributed by atoms with E-state index in [2.05, 4.69) is 18.0 Å². The third kappa shape index (κ3) is 5.00. The minimum atomic E-state index is -0.657. The molecule has 5 nitrogen and oxygen atoms in total. The number of aliphatic hydroxyl groups is 1. The van der Waals surface area contributed by atoms with E-state index in [1.165, 1.54) is 5.56 Å². The number of aliphatic hydroxyl groups excluding tert-OH is 1. The first-order valence-electron chi connectivity index (χ1n) is 9.72. The van der Waals surface area contributed by atoms with Gasteiger partial charge in [0, 0.05) is 19.0 Å². The number of nitrogens with one attached hydrogen (secondary N) is 1. The molecule has 0 aliphatic heterocycles. The number of rotatable bonds is 10. The van der Waals surface area contributed by atoms with Crippen LogP contribution in [0.1, 0.15) is 22.7 Å². The summed E-state index contributed by atoms with van der Waals surface area (Å²) in [5.41, 5.74) is 9.74. The van der Waals surface area contributed by atoms with Gasteiger partial charge in [-0.3, -0.25) is 0 Å². The summed E-state index contributed by atoms with van der Waals surface area (Å²) >= 11 is 0. The van der Waals surface area contributed by atoms with Crippen molar-refractivity contribution >= 4 is 0 Å². The zero-order chi connectivity index (χ0) is 19.9. The molecule has 28 heavy (non-hydrogen) atoms. The molecule has 0 bridgehead atoms. The van der Waals surface area contributed by atoms with Crippen LogP contribution in [-0.4, -0.2) is 43.6 Å². The molecule has 150 valence electrons. The lowest BCUT2D eigenvalue weighted by atomic mass is 10.0. The molecule has 0 saturated carbocycles. The Labute approximate surface area is 167 Å². The molecule has 0 fully saturated rings. The number of benzene rings is 2. The Morgan fingerprint density at radius 1 is 1.29 bits per heavy atom. The quantitative estimate of drug-likeness (QED) is 0.550. The molecule has 0 spiro atoms. The van der Waals surface area contributed by atoms with Crippen molar-refractivity contribution < 1.29 is 14.6 Å². The molecule has 4 atom stereocenters. The first-order valence-corrected chi connectivity index (χ1v) is 9.72. The van der Waals surface area contributed by atoms with Crippen molar-refractivity contribution in [1.82, 2.24) is 5.32 Å². The predicted octanol–water partition coefficient (Wildman–Crippen LogP) is 2.38. The van der Waals surface area contributed by atoms with Gasteiger partial charge in [0.2, 0.25) is 0 Å². The fourth-order valence-corrected chi connectivity index (χ4v) is 3.72. The van der Waals surface area contributed by atoms with Gasteiger partial charge < -0.3 is 25.6 Å². The fraction of sp³-hybridized carbons (Fsp3) is 0.391. The van der Waals surface area contributed by atoms with Crippen molar-refractivity contribution in [2.24, 2.45) is 5.73 Å². The van der Waals surface area contributed by atoms with Gasteiger partial charge in [-0.1, -0.05) is 42.5 Å². The van der Waals surface area contributed by atoms with Crippen LogP contribution in [0.2, 0.25) is 0 Å². The van der Waals surface area contributed by atoms with E-state index < -0.39 is 6.10 Å². The van der Waals surface area contributed by atoms with Crippen LogP contribution >= 0.6 is 0 Å². The Kier molecular flexibility index (Phi) is 7.23. The monoisotopic (exact) mass is 382 g/mol. The molecule has 2 aromatic carbocycles. The van der Waals surface area contributed by atoms with Gasteiger partial charge in [0.1, 0.15) is 5.75 Å². The zero-order valence-corrected chi connectivity index (χ0v) is 16.4. The van der Waals surface area contributed by atoms with Gasteiger partial charge in [-0.05, 0) is 35.2 Å². The van der Waals surface area contributed by atoms with Crippen LogP contribution in [0, 0.1) is 0 Å². The second-order valence-corrected chi connectivity index (χ2v) is 7.24. The largest absolute Gasteiger partial charge is 0.497 e. The molecule has 0 unspecified atom stereocenters. The molecular weight excluding hydrogens is 352 g/mol. The van der Waals surface area contributed by atoms with Crippen molar-refractivity contribution in [2.45, 2.75) is 37.1 Å². The van der Waals surface area contributed by atoms with Crippen LogP contribution in [-0.2, 0) is 17.6 Å². The molecule has 0 heterocycles. The number of fused-ring (bicyclic) bond motifs is 1. The number of hydrogen-bond acceptors (Lipinski definition) is 5. The molecule has 0 saturated heterocycles. The Morgan fingerprint density at radius 3 is 2.79 bits per heavy atom. The summed E-state index contributed by atoms with van der Waals surface area (Å²) in [6.45, 7) is 4.62. The molecule has 0 amide bonds. The number of ether oxygens (including phenoxy) is 2. The summed E-state index contributed by atoms with van der Waals surface area (Å²) in [5.74, 6) is 0.816. The van der Waals surface area contributed by atoms with Crippen molar-refractivity contribution in [1.29, 1.82) is 0 Å². The third-order valence-electron chi connectivity index (χ3n) is 5.26. The highest BCUT2D eigenvalue weighted by molar-refractivity contribution is 5.42. The molecule has 0 aromatic heterocycles. The minimum Gasteiger partial charge on any atom is -0.497 e. The molecule has 5 heteroatoms. The lowest BCUT2D eigenvalue weighted by Crippen LogP contribution is -2.45. The number of hydrogen-bond donors (Lipinski definition) is 3. The van der Waals surface area contributed by atoms with E-state index in [9.17, 15) is 5.11 Å². The number of nitrogens with two attached hydrogens (primary N) is 1. The lowest BCUT2D eigenvalue weighted by Gasteiger charge is -2.26. The van der Waals surface area contributed by atoms with E-state index in [4.69, 9.17) is 15.2 Å². The summed E-state index contributed by atoms with van der Waals surface area (Å²) in [5, 5.41) is 14.1. The van der Waals surface area contributed by atoms with Gasteiger partial charge in [-0.15, -0.1) is 6.58 Å². The standard InChI is InChI=1S/C23H30N2O3/c1-3-11-28-22-13-17-9-10-18(27-2)14-19(17)23(22)25-15-21(26)20(24)12-16-7-5-4-6-8-16/h3-10,14,20-23,25-26H,1,11-13,15,24H2,2H3/t20-,21+,22-,23-/m0/s1. The van der Waals surface area contributed by atoms with Gasteiger partial charge in [0.25, 0.3) is 0 Å². The summed E-state index contributed by atoms with van der Waals surface area (Å²) in [6, 6.07) is 15.7. The average Bonchev–Trinajstić information content (AvgIpc) is 3.07. The maximum absolute atomic E-state index is 10.6. The van der Waals surface area contributed by atoms with Crippen LogP contribution in [0.4, 0.5) is 0 Å². The van der Waals surface area contributed by atoms with E-state index >= 15 is 0 Å². The summed E-state index contributed by atoms with van der Waals surface area (Å²) < 4.78 is 11.4. The van der Waals surface area contributed by atoms with Crippen LogP contribution in [0.25, 0.3) is 0 Å². The second kappa shape index (κ2) is 9.85. The predicted molar refractivity (Wildman–Crippen MR) is 112 cm³/mol.